The molecule has 0 aliphatic rings. The van der Waals surface area contributed by atoms with Gasteiger partial charge in [0.2, 0.25) is 23.0 Å². The van der Waals surface area contributed by atoms with Crippen LogP contribution in [0.2, 0.25) is 0 Å². The molecule has 0 saturated heterocycles. The third-order valence-electron chi connectivity index (χ3n) is 9.71. The van der Waals surface area contributed by atoms with Gasteiger partial charge in [0.05, 0.1) is 0 Å². The fraction of sp³-hybridized carbons (Fsp3) is 0. The Morgan fingerprint density at radius 2 is 0.882 bits per heavy atom. The molecule has 8 N–H and O–H groups in total. The van der Waals surface area contributed by atoms with E-state index in [9.17, 15) is 40.9 Å². The number of phenolic OH excluding ortho intramolecular Hbond substituents is 8. The molecule has 9 heteroatoms. The van der Waals surface area contributed by atoms with Crippen LogP contribution in [0.1, 0.15) is 0 Å². The lowest BCUT2D eigenvalue weighted by molar-refractivity contribution is 0.350. The van der Waals surface area contributed by atoms with Crippen LogP contribution in [0.15, 0.2) is 114 Å². The van der Waals surface area contributed by atoms with E-state index in [4.69, 9.17) is 4.42 Å². The highest BCUT2D eigenvalue weighted by atomic mass is 16.4. The topological polar surface area (TPSA) is 175 Å². The van der Waals surface area contributed by atoms with Crippen LogP contribution >= 0.6 is 0 Å². The predicted octanol–water partition coefficient (Wildman–Crippen LogP) is 9.69. The average Bonchev–Trinajstić information content (AvgIpc) is 3.56. The van der Waals surface area contributed by atoms with E-state index >= 15 is 0 Å². The molecule has 51 heavy (non-hydrogen) atoms. The molecule has 0 atom stereocenters. The van der Waals surface area contributed by atoms with Crippen molar-refractivity contribution in [3.8, 4) is 79.4 Å². The van der Waals surface area contributed by atoms with Crippen LogP contribution in [0.3, 0.4) is 0 Å². The van der Waals surface area contributed by atoms with Crippen molar-refractivity contribution < 1.29 is 45.3 Å². The van der Waals surface area contributed by atoms with Gasteiger partial charge in [-0.05, 0) is 45.8 Å². The summed E-state index contributed by atoms with van der Waals surface area (Å²) in [6.07, 6.45) is 0. The first kappa shape index (κ1) is 29.8. The lowest BCUT2D eigenvalue weighted by Crippen LogP contribution is -1.95. The van der Waals surface area contributed by atoms with Gasteiger partial charge in [0.25, 0.3) is 0 Å². The van der Waals surface area contributed by atoms with E-state index in [0.29, 0.717) is 33.1 Å². The van der Waals surface area contributed by atoms with Crippen molar-refractivity contribution in [2.75, 3.05) is 0 Å². The van der Waals surface area contributed by atoms with Crippen molar-refractivity contribution in [1.29, 1.82) is 0 Å². The van der Waals surface area contributed by atoms with Crippen LogP contribution in [-0.4, -0.2) is 40.9 Å². The molecule has 1 aromatic heterocycles. The summed E-state index contributed by atoms with van der Waals surface area (Å²) in [5.41, 5.74) is 3.08. The van der Waals surface area contributed by atoms with E-state index in [1.807, 2.05) is 72.8 Å². The Labute approximate surface area is 287 Å². The molecule has 0 amide bonds. The third kappa shape index (κ3) is 4.03. The zero-order valence-electron chi connectivity index (χ0n) is 26.4. The molecule has 0 aliphatic carbocycles. The Morgan fingerprint density at radius 1 is 0.353 bits per heavy atom. The van der Waals surface area contributed by atoms with Crippen molar-refractivity contribution in [1.82, 2.24) is 0 Å². The summed E-state index contributed by atoms with van der Waals surface area (Å²) in [4.78, 5) is 0. The smallest absolute Gasteiger partial charge is 0.204 e. The summed E-state index contributed by atoms with van der Waals surface area (Å²) in [6, 6.07) is 32.8. The molecule has 248 valence electrons. The van der Waals surface area contributed by atoms with Gasteiger partial charge in [-0.15, -0.1) is 0 Å². The molecule has 0 bridgehead atoms. The SMILES string of the molecule is Oc1c(O)c(O)c2c(-c3cccc4oc5c6ccccc6ccc5c34)c3c(O)c(O)c(O)c(O)c3c(-c3cccc(-c4ccccc4)c3)c2c1O. The predicted molar refractivity (Wildman–Crippen MR) is 196 cm³/mol. The van der Waals surface area contributed by atoms with E-state index in [2.05, 4.69) is 0 Å². The van der Waals surface area contributed by atoms with Crippen molar-refractivity contribution in [2.45, 2.75) is 0 Å². The van der Waals surface area contributed by atoms with Crippen molar-refractivity contribution in [3.05, 3.63) is 109 Å². The van der Waals surface area contributed by atoms with Crippen LogP contribution in [0, 0.1) is 0 Å². The van der Waals surface area contributed by atoms with Gasteiger partial charge in [-0.1, -0.05) is 91.0 Å². The summed E-state index contributed by atoms with van der Waals surface area (Å²) >= 11 is 0. The highest BCUT2D eigenvalue weighted by Crippen LogP contribution is 2.62. The van der Waals surface area contributed by atoms with Crippen LogP contribution in [0.5, 0.6) is 46.0 Å². The number of phenols is 8. The molecular weight excluding hydrogens is 648 g/mol. The van der Waals surface area contributed by atoms with Crippen LogP contribution < -0.4 is 0 Å². The lowest BCUT2D eigenvalue weighted by Gasteiger charge is -2.23. The Morgan fingerprint density at radius 3 is 1.53 bits per heavy atom. The zero-order chi connectivity index (χ0) is 35.3. The summed E-state index contributed by atoms with van der Waals surface area (Å²) in [5, 5.41) is 92.7. The van der Waals surface area contributed by atoms with Gasteiger partial charge in [0, 0.05) is 48.8 Å². The molecule has 8 aromatic carbocycles. The highest BCUT2D eigenvalue weighted by Gasteiger charge is 2.33. The maximum atomic E-state index is 11.7. The molecule has 0 saturated carbocycles. The quantitative estimate of drug-likeness (QED) is 0.0515. The second-order valence-corrected chi connectivity index (χ2v) is 12.4. The van der Waals surface area contributed by atoms with Crippen LogP contribution in [0.4, 0.5) is 0 Å². The number of hydrogen-bond acceptors (Lipinski definition) is 9. The third-order valence-corrected chi connectivity index (χ3v) is 9.71. The Hall–Kier alpha value is -7.26. The number of hydrogen-bond donors (Lipinski definition) is 8. The standard InChI is InChI=1S/C42H26O9/c43-34-30-27(22-12-6-11-21(18-22)19-8-2-1-3-9-19)31-33(37(46)41(50)39(48)35(31)44)29(32(30)36(45)40(49)38(34)47)24-14-7-15-26-28(24)25-17-16-20-10-4-5-13-23(20)42(25)51-26/h1-18,43-50H. The molecule has 0 aliphatic heterocycles. The average molecular weight is 675 g/mol. The normalized spacial score (nSPS) is 11.8. The molecule has 0 fully saturated rings. The van der Waals surface area contributed by atoms with Gasteiger partial charge in [-0.2, -0.15) is 0 Å². The van der Waals surface area contributed by atoms with Gasteiger partial charge in [0.15, 0.2) is 23.0 Å². The largest absolute Gasteiger partial charge is 0.504 e. The number of benzene rings is 8. The second-order valence-electron chi connectivity index (χ2n) is 12.4. The second kappa shape index (κ2) is 10.6. The van der Waals surface area contributed by atoms with Crippen molar-refractivity contribution in [3.63, 3.8) is 0 Å². The summed E-state index contributed by atoms with van der Waals surface area (Å²) in [6.45, 7) is 0. The van der Waals surface area contributed by atoms with E-state index in [0.717, 1.165) is 21.9 Å². The molecule has 9 nitrogen and oxygen atoms in total. The first-order valence-corrected chi connectivity index (χ1v) is 15.9. The summed E-state index contributed by atoms with van der Waals surface area (Å²) in [5.74, 6) is -7.51. The van der Waals surface area contributed by atoms with Gasteiger partial charge >= 0.3 is 0 Å². The lowest BCUT2D eigenvalue weighted by atomic mass is 9.82. The van der Waals surface area contributed by atoms with Gasteiger partial charge < -0.3 is 45.3 Å². The maximum Gasteiger partial charge on any atom is 0.204 e. The summed E-state index contributed by atoms with van der Waals surface area (Å²) in [7, 11) is 0. The van der Waals surface area contributed by atoms with Crippen molar-refractivity contribution in [2.24, 2.45) is 0 Å². The van der Waals surface area contributed by atoms with Crippen LogP contribution in [0.25, 0.3) is 87.6 Å². The van der Waals surface area contributed by atoms with E-state index in [-0.39, 0.29) is 32.7 Å². The van der Waals surface area contributed by atoms with Crippen LogP contribution in [-0.2, 0) is 0 Å². The van der Waals surface area contributed by atoms with E-state index in [1.165, 1.54) is 0 Å². The number of fused-ring (bicyclic) bond motifs is 7. The fourth-order valence-electron chi connectivity index (χ4n) is 7.42. The Kier molecular flexibility index (Phi) is 6.21. The molecular formula is C42H26O9. The first-order chi connectivity index (χ1) is 24.7. The first-order valence-electron chi connectivity index (χ1n) is 15.9. The van der Waals surface area contributed by atoms with Gasteiger partial charge in [-0.3, -0.25) is 0 Å². The number of furan rings is 1. The highest BCUT2D eigenvalue weighted by molar-refractivity contribution is 6.32. The molecule has 0 spiro atoms. The Balaban J connectivity index is 1.55. The van der Waals surface area contributed by atoms with Crippen molar-refractivity contribution >= 4 is 54.3 Å². The monoisotopic (exact) mass is 674 g/mol. The molecule has 1 heterocycles. The van der Waals surface area contributed by atoms with Gasteiger partial charge in [-0.25, -0.2) is 0 Å². The van der Waals surface area contributed by atoms with E-state index < -0.39 is 46.0 Å². The summed E-state index contributed by atoms with van der Waals surface area (Å²) < 4.78 is 6.39. The molecule has 9 rings (SSSR count). The maximum absolute atomic E-state index is 11.7. The minimum atomic E-state index is -1.04. The fourth-order valence-corrected chi connectivity index (χ4v) is 7.42. The zero-order valence-corrected chi connectivity index (χ0v) is 26.4. The molecule has 0 unspecified atom stereocenters. The minimum Gasteiger partial charge on any atom is -0.504 e. The van der Waals surface area contributed by atoms with E-state index in [1.54, 1.807) is 36.4 Å². The Bertz CT molecular complexity index is 2860. The molecule has 0 radical (unpaired) electrons. The molecule has 9 aromatic rings. The number of rotatable bonds is 3. The number of aromatic hydroxyl groups is 8. The van der Waals surface area contributed by atoms with Gasteiger partial charge in [0.1, 0.15) is 11.2 Å². The minimum absolute atomic E-state index is 0.0250.